The zero-order valence-electron chi connectivity index (χ0n) is 37.7. The smallest absolute Gasteiger partial charge is 0.309 e. The molecule has 0 bridgehead atoms. The topological polar surface area (TPSA) is 207 Å². The quantitative estimate of drug-likeness (QED) is 0.172. The molecule has 3 fully saturated rings. The van der Waals surface area contributed by atoms with Gasteiger partial charge in [0.1, 0.15) is 23.9 Å². The summed E-state index contributed by atoms with van der Waals surface area (Å²) in [6, 6.07) is -1.32. The van der Waals surface area contributed by atoms with Crippen LogP contribution in [0.4, 0.5) is 0 Å². The maximum absolute atomic E-state index is 14.5. The SMILES string of the molecule is Bn1cc(CCN(C)[C@H]2C[C@@H](C)O[C@@H](O[C@@H]3[C@@H](C)[C@H](C4C[C@@](C)(OC)[C@@H](N)[C@H](C)O4)[C@@H](C)C(=O)O[C@H](CC)[C@@](C)(O)[C@H](O)[C@@H](C)N(C)C[C@H](C)C[C@@]3(C)O)[C@@H]2O)nn1. The van der Waals surface area contributed by atoms with Gasteiger partial charge >= 0.3 is 5.97 Å². The van der Waals surface area contributed by atoms with E-state index in [-0.39, 0.29) is 30.9 Å². The molecule has 334 valence electrons. The summed E-state index contributed by atoms with van der Waals surface area (Å²) < 4.78 is 33.9. The highest BCUT2D eigenvalue weighted by atomic mass is 16.7. The maximum atomic E-state index is 14.5. The second kappa shape index (κ2) is 19.5. The van der Waals surface area contributed by atoms with Gasteiger partial charge < -0.3 is 64.2 Å². The second-order valence-corrected chi connectivity index (χ2v) is 19.0. The van der Waals surface area contributed by atoms with Crippen LogP contribution in [0.15, 0.2) is 6.20 Å². The largest absolute Gasteiger partial charge is 0.459 e. The van der Waals surface area contributed by atoms with Crippen LogP contribution in [0.5, 0.6) is 0 Å². The van der Waals surface area contributed by atoms with E-state index in [1.54, 1.807) is 25.6 Å². The molecular formula is C41H77BN6O10. The van der Waals surface area contributed by atoms with Crippen molar-refractivity contribution in [3.8, 4) is 0 Å². The summed E-state index contributed by atoms with van der Waals surface area (Å²) in [4.78, 5) is 18.5. The summed E-state index contributed by atoms with van der Waals surface area (Å²) in [7, 11) is 7.27. The zero-order chi connectivity index (χ0) is 43.7. The average molecular weight is 825 g/mol. The van der Waals surface area contributed by atoms with Gasteiger partial charge in [0.15, 0.2) is 6.29 Å². The molecule has 0 saturated carbocycles. The molecule has 3 saturated heterocycles. The number of rotatable bonds is 9. The van der Waals surface area contributed by atoms with Crippen molar-refractivity contribution in [3.05, 3.63) is 11.9 Å². The Hall–Kier alpha value is -1.77. The Bertz CT molecular complexity index is 1470. The number of aliphatic hydroxyl groups excluding tert-OH is 2. The van der Waals surface area contributed by atoms with Crippen molar-refractivity contribution in [3.63, 3.8) is 0 Å². The molecule has 6 N–H and O–H groups in total. The van der Waals surface area contributed by atoms with Crippen LogP contribution in [0.1, 0.15) is 101 Å². The molecule has 3 aliphatic rings. The third-order valence-corrected chi connectivity index (χ3v) is 14.0. The van der Waals surface area contributed by atoms with Gasteiger partial charge in [0.2, 0.25) is 0 Å². The molecule has 58 heavy (non-hydrogen) atoms. The normalized spacial score (nSPS) is 45.7. The summed E-state index contributed by atoms with van der Waals surface area (Å²) >= 11 is 0. The fourth-order valence-corrected chi connectivity index (χ4v) is 10.2. The number of nitrogens with zero attached hydrogens (tertiary/aromatic N) is 5. The maximum Gasteiger partial charge on any atom is 0.309 e. The zero-order valence-corrected chi connectivity index (χ0v) is 37.7. The second-order valence-electron chi connectivity index (χ2n) is 19.0. The highest BCUT2D eigenvalue weighted by Crippen LogP contribution is 2.44. The molecule has 0 amide bonds. The van der Waals surface area contributed by atoms with Crippen molar-refractivity contribution in [2.45, 2.75) is 185 Å². The van der Waals surface area contributed by atoms with Gasteiger partial charge in [0.05, 0.1) is 53.3 Å². The lowest BCUT2D eigenvalue weighted by Crippen LogP contribution is -2.63. The van der Waals surface area contributed by atoms with Crippen LogP contribution in [0.2, 0.25) is 0 Å². The molecule has 18 atom stereocenters. The number of likely N-dealkylation sites (N-methyl/N-ethyl adjacent to an activating group) is 2. The summed E-state index contributed by atoms with van der Waals surface area (Å²) in [5.41, 5.74) is 3.39. The van der Waals surface area contributed by atoms with Crippen molar-refractivity contribution in [2.24, 2.45) is 29.4 Å². The van der Waals surface area contributed by atoms with Gasteiger partial charge in [-0.2, -0.15) is 0 Å². The number of cyclic esters (lactones) is 1. The molecule has 4 heterocycles. The highest BCUT2D eigenvalue weighted by Gasteiger charge is 2.54. The summed E-state index contributed by atoms with van der Waals surface area (Å²) in [6.45, 7) is 19.5. The molecule has 16 nitrogen and oxygen atoms in total. The van der Waals surface area contributed by atoms with Crippen molar-refractivity contribution in [2.75, 3.05) is 34.3 Å². The fourth-order valence-electron chi connectivity index (χ4n) is 10.2. The first kappa shape index (κ1) is 48.9. The molecule has 0 radical (unpaired) electrons. The number of hydrogen-bond acceptors (Lipinski definition) is 15. The van der Waals surface area contributed by atoms with E-state index in [0.29, 0.717) is 32.4 Å². The van der Waals surface area contributed by atoms with Crippen LogP contribution < -0.4 is 5.73 Å². The summed E-state index contributed by atoms with van der Waals surface area (Å²) in [5, 5.41) is 56.5. The Kier molecular flexibility index (Phi) is 16.5. The number of hydrogen-bond donors (Lipinski definition) is 5. The number of ether oxygens (including phenoxy) is 5. The van der Waals surface area contributed by atoms with Gasteiger partial charge in [-0.05, 0) is 86.7 Å². The van der Waals surface area contributed by atoms with E-state index in [9.17, 15) is 25.2 Å². The Balaban J connectivity index is 1.80. The van der Waals surface area contributed by atoms with Crippen LogP contribution >= 0.6 is 0 Å². The molecular weight excluding hydrogens is 747 g/mol. The minimum absolute atomic E-state index is 0.129. The Morgan fingerprint density at radius 3 is 2.33 bits per heavy atom. The first-order valence-electron chi connectivity index (χ1n) is 21.4. The average Bonchev–Trinajstić information content (AvgIpc) is 3.57. The van der Waals surface area contributed by atoms with Crippen LogP contribution in [-0.4, -0.2) is 177 Å². The van der Waals surface area contributed by atoms with Gasteiger partial charge in [0.25, 0.3) is 7.98 Å². The Morgan fingerprint density at radius 1 is 1.09 bits per heavy atom. The summed E-state index contributed by atoms with van der Waals surface area (Å²) in [5.74, 6) is -2.82. The molecule has 0 aromatic carbocycles. The molecule has 17 heteroatoms. The molecule has 1 unspecified atom stereocenters. The minimum atomic E-state index is -1.78. The van der Waals surface area contributed by atoms with E-state index in [0.717, 1.165) is 5.69 Å². The Labute approximate surface area is 347 Å². The van der Waals surface area contributed by atoms with Crippen molar-refractivity contribution in [1.82, 2.24) is 24.7 Å². The highest BCUT2D eigenvalue weighted by molar-refractivity contribution is 6.05. The van der Waals surface area contributed by atoms with Crippen LogP contribution in [0.25, 0.3) is 0 Å². The van der Waals surface area contributed by atoms with E-state index in [2.05, 4.69) is 15.2 Å². The number of aromatic nitrogens is 3. The molecule has 0 aliphatic carbocycles. The number of nitrogens with two attached hydrogens (primary N) is 1. The third-order valence-electron chi connectivity index (χ3n) is 14.0. The van der Waals surface area contributed by atoms with E-state index in [1.165, 1.54) is 6.92 Å². The van der Waals surface area contributed by atoms with E-state index in [1.807, 2.05) is 81.6 Å². The van der Waals surface area contributed by atoms with Crippen molar-refractivity contribution < 1.29 is 48.9 Å². The molecule has 4 rings (SSSR count). The van der Waals surface area contributed by atoms with E-state index >= 15 is 0 Å². The lowest BCUT2D eigenvalue weighted by Gasteiger charge is -2.52. The standard InChI is InChI=1S/C41H77BN6O10/c1-14-31-41(10,53)35(50)26(6)47(12)20-22(2)18-39(8,52)36(24(4)32(25(5)37(51)57-31)30-19-40(9,54-13)34(43)27(7)56-30)58-38-33(49)29(17-23(3)55-38)46(11)16-15-28-21-48(42)45-44-28/h21-27,29-36,38,49-50,52-53H,14-20,42-43H2,1-13H3/t22-,23-,24+,25-,26-,27+,29+,30?,31-,32+,33-,34+,35-,36-,38+,39-,40-,41-/m1/s1. The number of aliphatic hydroxyl groups is 4. The summed E-state index contributed by atoms with van der Waals surface area (Å²) in [6.07, 6.45) is -2.90. The number of esters is 1. The van der Waals surface area contributed by atoms with Crippen molar-refractivity contribution in [1.29, 1.82) is 0 Å². The fraction of sp³-hybridized carbons (Fsp3) is 0.927. The Morgan fingerprint density at radius 2 is 1.74 bits per heavy atom. The van der Waals surface area contributed by atoms with Crippen LogP contribution in [-0.2, 0) is 34.9 Å². The van der Waals surface area contributed by atoms with Gasteiger partial charge in [-0.3, -0.25) is 4.79 Å². The first-order chi connectivity index (χ1) is 26.9. The lowest BCUT2D eigenvalue weighted by molar-refractivity contribution is -0.301. The molecule has 0 spiro atoms. The molecule has 3 aliphatic heterocycles. The molecule has 1 aromatic rings. The molecule has 1 aromatic heterocycles. The number of carbonyl (C=O) groups excluding carboxylic acids is 1. The lowest BCUT2D eigenvalue weighted by atomic mass is 9.68. The monoisotopic (exact) mass is 825 g/mol. The minimum Gasteiger partial charge on any atom is -0.459 e. The number of carbonyl (C=O) groups is 1. The third kappa shape index (κ3) is 10.8. The van der Waals surface area contributed by atoms with Crippen LogP contribution in [0, 0.1) is 23.7 Å². The first-order valence-corrected chi connectivity index (χ1v) is 21.4. The van der Waals surface area contributed by atoms with E-state index in [4.69, 9.17) is 29.4 Å². The van der Waals surface area contributed by atoms with Crippen molar-refractivity contribution >= 4 is 14.0 Å². The van der Waals surface area contributed by atoms with Gasteiger partial charge in [-0.25, -0.2) is 0 Å². The van der Waals surface area contributed by atoms with E-state index < -0.39 is 95.5 Å². The predicted octanol–water partition coefficient (Wildman–Crippen LogP) is 0.741. The van der Waals surface area contributed by atoms with Gasteiger partial charge in [-0.15, -0.1) is 5.10 Å². The number of methoxy groups -OCH3 is 1. The van der Waals surface area contributed by atoms with Gasteiger partial charge in [-0.1, -0.05) is 32.9 Å². The van der Waals surface area contributed by atoms with Crippen LogP contribution in [0.3, 0.4) is 0 Å². The predicted molar refractivity (Wildman–Crippen MR) is 221 cm³/mol. The van der Waals surface area contributed by atoms with Gasteiger partial charge in [0, 0.05) is 57.2 Å².